The maximum absolute atomic E-state index is 11.4. The Kier molecular flexibility index (Phi) is 4.31. The highest BCUT2D eigenvalue weighted by molar-refractivity contribution is 8.00. The minimum Gasteiger partial charge on any atom is -0.399 e. The van der Waals surface area contributed by atoms with Crippen LogP contribution in [0.1, 0.15) is 65.4 Å². The van der Waals surface area contributed by atoms with Crippen molar-refractivity contribution >= 4 is 24.3 Å². The van der Waals surface area contributed by atoms with Gasteiger partial charge >= 0.3 is 7.12 Å². The Balaban J connectivity index is 1.60. The third kappa shape index (κ3) is 3.18. The summed E-state index contributed by atoms with van der Waals surface area (Å²) < 4.78 is 12.4. The van der Waals surface area contributed by atoms with E-state index in [1.165, 1.54) is 19.3 Å². The first-order valence-corrected chi connectivity index (χ1v) is 10.5. The molecule has 25 heavy (non-hydrogen) atoms. The predicted octanol–water partition coefficient (Wildman–Crippen LogP) is 3.62. The van der Waals surface area contributed by atoms with Crippen molar-refractivity contribution in [3.8, 4) is 0 Å². The van der Waals surface area contributed by atoms with Crippen molar-refractivity contribution in [2.75, 3.05) is 0 Å². The number of aliphatic hydroxyl groups is 1. The minimum atomic E-state index is -0.708. The van der Waals surface area contributed by atoms with Crippen LogP contribution in [0.15, 0.2) is 24.3 Å². The van der Waals surface area contributed by atoms with Gasteiger partial charge in [-0.2, -0.15) is 11.8 Å². The highest BCUT2D eigenvalue weighted by atomic mass is 32.2. The Morgan fingerprint density at radius 1 is 1.04 bits per heavy atom. The predicted molar refractivity (Wildman–Crippen MR) is 104 cm³/mol. The average molecular weight is 360 g/mol. The first-order chi connectivity index (χ1) is 11.7. The summed E-state index contributed by atoms with van der Waals surface area (Å²) in [5, 5.41) is 12.6. The van der Waals surface area contributed by atoms with Crippen molar-refractivity contribution in [3.63, 3.8) is 0 Å². The largest absolute Gasteiger partial charge is 0.494 e. The summed E-state index contributed by atoms with van der Waals surface area (Å²) >= 11 is 2.09. The van der Waals surface area contributed by atoms with Crippen LogP contribution in [0.25, 0.3) is 0 Å². The molecule has 3 saturated heterocycles. The Morgan fingerprint density at radius 3 is 2.24 bits per heavy atom. The molecule has 0 aliphatic carbocycles. The van der Waals surface area contributed by atoms with Gasteiger partial charge in [-0.25, -0.2) is 0 Å². The molecule has 0 radical (unpaired) electrons. The van der Waals surface area contributed by atoms with Crippen LogP contribution in [0.5, 0.6) is 0 Å². The van der Waals surface area contributed by atoms with Crippen molar-refractivity contribution in [2.24, 2.45) is 0 Å². The number of hydrogen-bond acceptors (Lipinski definition) is 4. The Labute approximate surface area is 156 Å². The standard InChI is InChI=1S/C20H29BO3S/c1-18(2)19(3,4)24-21(23-18)15-8-5-7-14(11-15)20(22)12-16-9-6-10-17(13-20)25-16/h5,7-8,11,16-17,22H,6,9-10,12-13H2,1-4H3. The summed E-state index contributed by atoms with van der Waals surface area (Å²) in [5.41, 5.74) is 0.636. The fraction of sp³-hybridized carbons (Fsp3) is 0.700. The molecule has 1 aromatic carbocycles. The molecule has 1 aromatic rings. The molecule has 0 aromatic heterocycles. The lowest BCUT2D eigenvalue weighted by Crippen LogP contribution is -2.42. The normalized spacial score (nSPS) is 36.4. The molecule has 3 aliphatic rings. The molecule has 1 N–H and O–H groups in total. The Bertz CT molecular complexity index is 632. The van der Waals surface area contributed by atoms with Gasteiger partial charge in [-0.3, -0.25) is 0 Å². The third-order valence-electron chi connectivity index (χ3n) is 6.52. The molecule has 2 unspecified atom stereocenters. The molecule has 4 rings (SSSR count). The molecule has 0 amide bonds. The van der Waals surface area contributed by atoms with Gasteiger partial charge in [-0.05, 0) is 64.4 Å². The van der Waals surface area contributed by atoms with E-state index >= 15 is 0 Å². The van der Waals surface area contributed by atoms with Gasteiger partial charge < -0.3 is 14.4 Å². The second kappa shape index (κ2) is 6.02. The highest BCUT2D eigenvalue weighted by Gasteiger charge is 2.52. The van der Waals surface area contributed by atoms with Crippen LogP contribution in [0, 0.1) is 0 Å². The quantitative estimate of drug-likeness (QED) is 0.818. The number of benzene rings is 1. The number of thioether (sulfide) groups is 1. The molecule has 2 atom stereocenters. The molecule has 0 saturated carbocycles. The van der Waals surface area contributed by atoms with Gasteiger partial charge in [0.15, 0.2) is 0 Å². The lowest BCUT2D eigenvalue weighted by Gasteiger charge is -2.44. The van der Waals surface area contributed by atoms with Crippen LogP contribution < -0.4 is 5.46 Å². The summed E-state index contributed by atoms with van der Waals surface area (Å²) in [5.74, 6) is 0. The maximum atomic E-state index is 11.4. The van der Waals surface area contributed by atoms with Crippen molar-refractivity contribution in [2.45, 2.75) is 87.1 Å². The second-order valence-corrected chi connectivity index (χ2v) is 10.6. The molecule has 2 bridgehead atoms. The molecule has 3 fully saturated rings. The fourth-order valence-electron chi connectivity index (χ4n) is 4.31. The molecular formula is C20H29BO3S. The SMILES string of the molecule is CC1(C)OB(c2cccc(C3(O)CC4CCCC(C3)S4)c2)OC1(C)C. The van der Waals surface area contributed by atoms with Gasteiger partial charge in [-0.15, -0.1) is 0 Å². The molecule has 3 nitrogen and oxygen atoms in total. The zero-order valence-corrected chi connectivity index (χ0v) is 16.6. The minimum absolute atomic E-state index is 0.344. The van der Waals surface area contributed by atoms with Crippen LogP contribution in [0.3, 0.4) is 0 Å². The summed E-state index contributed by atoms with van der Waals surface area (Å²) in [6.45, 7) is 8.29. The van der Waals surface area contributed by atoms with Crippen LogP contribution in [0.2, 0.25) is 0 Å². The van der Waals surface area contributed by atoms with Crippen LogP contribution >= 0.6 is 11.8 Å². The van der Waals surface area contributed by atoms with Crippen molar-refractivity contribution in [1.29, 1.82) is 0 Å². The lowest BCUT2D eigenvalue weighted by atomic mass is 9.74. The summed E-state index contributed by atoms with van der Waals surface area (Å²) in [6, 6.07) is 8.26. The second-order valence-electron chi connectivity index (χ2n) is 8.96. The topological polar surface area (TPSA) is 38.7 Å². The lowest BCUT2D eigenvalue weighted by molar-refractivity contribution is 0.00578. The van der Waals surface area contributed by atoms with Crippen molar-refractivity contribution in [1.82, 2.24) is 0 Å². The Hall–Kier alpha value is -0.485. The first kappa shape index (κ1) is 17.9. The van der Waals surface area contributed by atoms with Crippen molar-refractivity contribution in [3.05, 3.63) is 29.8 Å². The fourth-order valence-corrected chi connectivity index (χ4v) is 6.20. The maximum Gasteiger partial charge on any atom is 0.494 e. The summed E-state index contributed by atoms with van der Waals surface area (Å²) in [4.78, 5) is 0. The van der Waals surface area contributed by atoms with Gasteiger partial charge in [0.05, 0.1) is 16.8 Å². The number of rotatable bonds is 2. The summed E-state index contributed by atoms with van der Waals surface area (Å²) in [6.07, 6.45) is 5.51. The van der Waals surface area contributed by atoms with E-state index < -0.39 is 5.60 Å². The third-order valence-corrected chi connectivity index (χ3v) is 8.09. The zero-order chi connectivity index (χ0) is 17.9. The van der Waals surface area contributed by atoms with E-state index in [2.05, 4.69) is 51.6 Å². The van der Waals surface area contributed by atoms with E-state index in [9.17, 15) is 5.11 Å². The number of hydrogen-bond donors (Lipinski definition) is 1. The van der Waals surface area contributed by atoms with E-state index in [-0.39, 0.29) is 18.3 Å². The van der Waals surface area contributed by atoms with E-state index in [1.807, 2.05) is 12.1 Å². The van der Waals surface area contributed by atoms with Gasteiger partial charge in [0.25, 0.3) is 0 Å². The molecular weight excluding hydrogens is 331 g/mol. The average Bonchev–Trinajstić information content (AvgIpc) is 2.75. The van der Waals surface area contributed by atoms with Crippen LogP contribution in [0.4, 0.5) is 0 Å². The van der Waals surface area contributed by atoms with E-state index in [1.54, 1.807) is 0 Å². The van der Waals surface area contributed by atoms with Gasteiger partial charge in [0.2, 0.25) is 0 Å². The van der Waals surface area contributed by atoms with E-state index in [0.717, 1.165) is 23.9 Å². The van der Waals surface area contributed by atoms with Crippen LogP contribution in [-0.2, 0) is 14.9 Å². The molecule has 3 heterocycles. The van der Waals surface area contributed by atoms with Gasteiger partial charge in [-0.1, -0.05) is 30.7 Å². The van der Waals surface area contributed by atoms with Crippen molar-refractivity contribution < 1.29 is 14.4 Å². The molecule has 5 heteroatoms. The molecule has 3 aliphatic heterocycles. The first-order valence-electron chi connectivity index (χ1n) is 9.52. The number of fused-ring (bicyclic) bond motifs is 2. The molecule has 136 valence electrons. The van der Waals surface area contributed by atoms with Gasteiger partial charge in [0, 0.05) is 10.5 Å². The Morgan fingerprint density at radius 2 is 1.64 bits per heavy atom. The molecule has 0 spiro atoms. The highest BCUT2D eigenvalue weighted by Crippen LogP contribution is 2.49. The van der Waals surface area contributed by atoms with E-state index in [4.69, 9.17) is 9.31 Å². The monoisotopic (exact) mass is 360 g/mol. The van der Waals surface area contributed by atoms with Crippen LogP contribution in [-0.4, -0.2) is 33.9 Å². The smallest absolute Gasteiger partial charge is 0.399 e. The van der Waals surface area contributed by atoms with E-state index in [0.29, 0.717) is 10.5 Å². The van der Waals surface area contributed by atoms with Gasteiger partial charge in [0.1, 0.15) is 0 Å². The zero-order valence-electron chi connectivity index (χ0n) is 15.7. The summed E-state index contributed by atoms with van der Waals surface area (Å²) in [7, 11) is -0.369.